The van der Waals surface area contributed by atoms with Crippen LogP contribution in [0.1, 0.15) is 52.5 Å². The van der Waals surface area contributed by atoms with E-state index in [-0.39, 0.29) is 17.5 Å². The third kappa shape index (κ3) is 4.42. The summed E-state index contributed by atoms with van der Waals surface area (Å²) >= 11 is 1.12. The zero-order valence-corrected chi connectivity index (χ0v) is 13.0. The maximum atomic E-state index is 12.1. The Kier molecular flexibility index (Phi) is 5.55. The van der Waals surface area contributed by atoms with Crippen molar-refractivity contribution in [1.29, 1.82) is 0 Å². The van der Waals surface area contributed by atoms with E-state index in [1.54, 1.807) is 6.92 Å². The minimum atomic E-state index is -0.966. The molecule has 0 saturated carbocycles. The summed E-state index contributed by atoms with van der Waals surface area (Å²) in [6.07, 6.45) is 5.71. The molecule has 1 saturated heterocycles. The van der Waals surface area contributed by atoms with Gasteiger partial charge in [0.05, 0.1) is 12.2 Å². The molecule has 2 heterocycles. The minimum Gasteiger partial charge on any atom is -0.477 e. The lowest BCUT2D eigenvalue weighted by Crippen LogP contribution is -2.41. The molecule has 0 spiro atoms. The molecule has 7 heteroatoms. The van der Waals surface area contributed by atoms with Gasteiger partial charge >= 0.3 is 12.0 Å². The van der Waals surface area contributed by atoms with Crippen molar-refractivity contribution in [2.45, 2.75) is 45.6 Å². The van der Waals surface area contributed by atoms with Crippen molar-refractivity contribution in [2.24, 2.45) is 0 Å². The second-order valence-electron chi connectivity index (χ2n) is 5.24. The maximum absolute atomic E-state index is 12.1. The lowest BCUT2D eigenvalue weighted by Gasteiger charge is -2.24. The lowest BCUT2D eigenvalue weighted by molar-refractivity contribution is 0.0701. The summed E-state index contributed by atoms with van der Waals surface area (Å²) in [5, 5.41) is 12.5. The third-order valence-corrected chi connectivity index (χ3v) is 4.71. The summed E-state index contributed by atoms with van der Waals surface area (Å²) in [5.41, 5.74) is 0.503. The van der Waals surface area contributed by atoms with Crippen molar-refractivity contribution in [2.75, 3.05) is 13.1 Å². The van der Waals surface area contributed by atoms with Crippen LogP contribution in [0.25, 0.3) is 0 Å². The molecule has 1 aliphatic rings. The van der Waals surface area contributed by atoms with Gasteiger partial charge in [-0.25, -0.2) is 14.6 Å². The summed E-state index contributed by atoms with van der Waals surface area (Å²) in [6, 6.07) is -0.0818. The van der Waals surface area contributed by atoms with E-state index >= 15 is 0 Å². The first-order valence-electron chi connectivity index (χ1n) is 7.30. The number of aryl methyl sites for hydroxylation is 1. The van der Waals surface area contributed by atoms with E-state index in [0.717, 1.165) is 37.3 Å². The highest BCUT2D eigenvalue weighted by molar-refractivity contribution is 7.13. The van der Waals surface area contributed by atoms with E-state index in [0.29, 0.717) is 10.7 Å². The number of nitrogens with zero attached hydrogens (tertiary/aromatic N) is 2. The molecule has 1 aromatic rings. The van der Waals surface area contributed by atoms with Gasteiger partial charge in [0.1, 0.15) is 9.88 Å². The monoisotopic (exact) mass is 311 g/mol. The molecule has 2 rings (SSSR count). The summed E-state index contributed by atoms with van der Waals surface area (Å²) in [4.78, 5) is 29.4. The Bertz CT molecular complexity index is 508. The number of amides is 2. The second kappa shape index (κ2) is 7.40. The van der Waals surface area contributed by atoms with Crippen LogP contribution in [0.3, 0.4) is 0 Å². The fraction of sp³-hybridized carbons (Fsp3) is 0.643. The van der Waals surface area contributed by atoms with Gasteiger partial charge in [0, 0.05) is 13.1 Å². The van der Waals surface area contributed by atoms with Crippen molar-refractivity contribution < 1.29 is 14.7 Å². The molecular formula is C14H21N3O3S. The number of rotatable bonds is 3. The molecule has 0 atom stereocenters. The molecule has 2 amide bonds. The van der Waals surface area contributed by atoms with Crippen LogP contribution >= 0.6 is 11.3 Å². The predicted molar refractivity (Wildman–Crippen MR) is 80.7 cm³/mol. The first-order valence-corrected chi connectivity index (χ1v) is 8.12. The smallest absolute Gasteiger partial charge is 0.347 e. The molecule has 2 N–H and O–H groups in total. The Hall–Kier alpha value is -1.63. The van der Waals surface area contributed by atoms with E-state index in [9.17, 15) is 9.59 Å². The van der Waals surface area contributed by atoms with Crippen molar-refractivity contribution >= 4 is 23.3 Å². The number of carboxylic acid groups (broad SMARTS) is 1. The highest BCUT2D eigenvalue weighted by Gasteiger charge is 2.17. The van der Waals surface area contributed by atoms with Crippen LogP contribution in [0.2, 0.25) is 0 Å². The molecule has 0 unspecified atom stereocenters. The highest BCUT2D eigenvalue weighted by Crippen LogP contribution is 2.18. The SMILES string of the molecule is Cc1nc(CNC(=O)N2CCCCCCC2)sc1C(=O)O. The number of thiazole rings is 1. The summed E-state index contributed by atoms with van der Waals surface area (Å²) in [5.74, 6) is -0.966. The number of hydrogen-bond acceptors (Lipinski definition) is 4. The third-order valence-electron chi connectivity index (χ3n) is 3.57. The largest absolute Gasteiger partial charge is 0.477 e. The lowest BCUT2D eigenvalue weighted by atomic mass is 10.1. The highest BCUT2D eigenvalue weighted by atomic mass is 32.1. The number of aromatic carboxylic acids is 1. The zero-order valence-electron chi connectivity index (χ0n) is 12.2. The van der Waals surface area contributed by atoms with Gasteiger partial charge in [-0.05, 0) is 19.8 Å². The van der Waals surface area contributed by atoms with Gasteiger partial charge in [-0.3, -0.25) is 0 Å². The molecule has 116 valence electrons. The Morgan fingerprint density at radius 3 is 2.43 bits per heavy atom. The fourth-order valence-corrected chi connectivity index (χ4v) is 3.28. The molecule has 1 fully saturated rings. The molecule has 0 aromatic carbocycles. The average Bonchev–Trinajstić information content (AvgIpc) is 2.77. The van der Waals surface area contributed by atoms with Crippen LogP contribution in [0.5, 0.6) is 0 Å². The van der Waals surface area contributed by atoms with Gasteiger partial charge in [0.15, 0.2) is 0 Å². The van der Waals surface area contributed by atoms with Crippen LogP contribution < -0.4 is 5.32 Å². The summed E-state index contributed by atoms with van der Waals surface area (Å²) in [6.45, 7) is 3.55. The molecule has 1 aliphatic heterocycles. The van der Waals surface area contributed by atoms with Gasteiger partial charge in [-0.15, -0.1) is 11.3 Å². The van der Waals surface area contributed by atoms with Crippen molar-refractivity contribution in [3.8, 4) is 0 Å². The number of nitrogens with one attached hydrogen (secondary N) is 1. The first kappa shape index (κ1) is 15.8. The zero-order chi connectivity index (χ0) is 15.2. The fourth-order valence-electron chi connectivity index (χ4n) is 2.44. The normalized spacial score (nSPS) is 16.1. The van der Waals surface area contributed by atoms with E-state index < -0.39 is 5.97 Å². The number of carbonyl (C=O) groups excluding carboxylic acids is 1. The Morgan fingerprint density at radius 1 is 1.24 bits per heavy atom. The van der Waals surface area contributed by atoms with Crippen molar-refractivity contribution in [1.82, 2.24) is 15.2 Å². The number of carbonyl (C=O) groups is 2. The number of hydrogen-bond donors (Lipinski definition) is 2. The molecule has 1 aromatic heterocycles. The Morgan fingerprint density at radius 2 is 1.86 bits per heavy atom. The van der Waals surface area contributed by atoms with Crippen LogP contribution in [-0.4, -0.2) is 40.1 Å². The Balaban J connectivity index is 1.88. The Labute approximate surface area is 128 Å². The van der Waals surface area contributed by atoms with Crippen LogP contribution in [0.15, 0.2) is 0 Å². The van der Waals surface area contributed by atoms with Crippen molar-refractivity contribution in [3.63, 3.8) is 0 Å². The number of likely N-dealkylation sites (tertiary alicyclic amines) is 1. The summed E-state index contributed by atoms with van der Waals surface area (Å²) < 4.78 is 0. The molecule has 6 nitrogen and oxygen atoms in total. The molecule has 21 heavy (non-hydrogen) atoms. The van der Waals surface area contributed by atoms with E-state index in [2.05, 4.69) is 10.3 Å². The van der Waals surface area contributed by atoms with Gasteiger partial charge in [0.25, 0.3) is 0 Å². The van der Waals surface area contributed by atoms with Gasteiger partial charge in [-0.2, -0.15) is 0 Å². The first-order chi connectivity index (χ1) is 10.1. The topological polar surface area (TPSA) is 82.5 Å². The average molecular weight is 311 g/mol. The van der Waals surface area contributed by atoms with E-state index in [1.165, 1.54) is 19.3 Å². The minimum absolute atomic E-state index is 0.0818. The van der Waals surface area contributed by atoms with Crippen LogP contribution in [0, 0.1) is 6.92 Å². The molecule has 0 bridgehead atoms. The van der Waals surface area contributed by atoms with Gasteiger partial charge in [0.2, 0.25) is 0 Å². The van der Waals surface area contributed by atoms with Gasteiger partial charge < -0.3 is 15.3 Å². The quantitative estimate of drug-likeness (QED) is 0.899. The summed E-state index contributed by atoms with van der Waals surface area (Å²) in [7, 11) is 0. The second-order valence-corrected chi connectivity index (χ2v) is 6.32. The maximum Gasteiger partial charge on any atom is 0.347 e. The molecular weight excluding hydrogens is 290 g/mol. The van der Waals surface area contributed by atoms with Gasteiger partial charge in [-0.1, -0.05) is 19.3 Å². The van der Waals surface area contributed by atoms with E-state index in [1.807, 2.05) is 4.90 Å². The van der Waals surface area contributed by atoms with Crippen molar-refractivity contribution in [3.05, 3.63) is 15.6 Å². The molecule has 0 radical (unpaired) electrons. The number of urea groups is 1. The van der Waals surface area contributed by atoms with Crippen LogP contribution in [0.4, 0.5) is 4.79 Å². The predicted octanol–water partition coefficient (Wildman–Crippen LogP) is 2.63. The number of carboxylic acids is 1. The standard InChI is InChI=1S/C14H21N3O3S/c1-10-12(13(18)19)21-11(16-10)9-15-14(20)17-7-5-3-2-4-6-8-17/h2-9H2,1H3,(H,15,20)(H,18,19). The van der Waals surface area contributed by atoms with E-state index in [4.69, 9.17) is 5.11 Å². The van der Waals surface area contributed by atoms with Crippen LogP contribution in [-0.2, 0) is 6.54 Å². The number of aromatic nitrogens is 1. The molecule has 0 aliphatic carbocycles.